The SMILES string of the molecule is COc1cc2c(cc1OCCCC(=O)Nc1cn(C)c(C(=O)Nc3cc(C(=O)CCC(C)(C)S(C)=S)n(C)c3)n1)N=C[C@@H]1Cc3ccccc3N1C2=O. The fraction of sp³-hybridized carbons (Fsp3) is 0.368. The highest BCUT2D eigenvalue weighted by molar-refractivity contribution is 8.29. The first kappa shape index (κ1) is 37.6. The largest absolute Gasteiger partial charge is 0.493 e. The fourth-order valence-electron chi connectivity index (χ4n) is 6.33. The predicted molar refractivity (Wildman–Crippen MR) is 210 cm³/mol. The Hall–Kier alpha value is -5.15. The van der Waals surface area contributed by atoms with Gasteiger partial charge in [0.2, 0.25) is 11.7 Å². The minimum Gasteiger partial charge on any atom is -0.493 e. The van der Waals surface area contributed by atoms with Crippen LogP contribution in [-0.2, 0) is 46.0 Å². The monoisotopic (exact) mass is 757 g/mol. The minimum atomic E-state index is -0.487. The van der Waals surface area contributed by atoms with Crippen molar-refractivity contribution in [3.63, 3.8) is 0 Å². The van der Waals surface area contributed by atoms with Gasteiger partial charge in [0.05, 0.1) is 42.4 Å². The number of aromatic nitrogens is 3. The molecular formula is C38H43N7O6S2. The van der Waals surface area contributed by atoms with E-state index in [0.29, 0.717) is 59.8 Å². The van der Waals surface area contributed by atoms with E-state index < -0.39 is 5.91 Å². The van der Waals surface area contributed by atoms with E-state index in [1.807, 2.05) is 30.5 Å². The Kier molecular flexibility index (Phi) is 11.0. The first-order chi connectivity index (χ1) is 25.2. The van der Waals surface area contributed by atoms with Gasteiger partial charge in [0, 0.05) is 68.5 Å². The van der Waals surface area contributed by atoms with Crippen molar-refractivity contribution in [3.8, 4) is 11.5 Å². The molecule has 2 atom stereocenters. The van der Waals surface area contributed by atoms with Crippen LogP contribution in [0.1, 0.15) is 76.6 Å². The highest BCUT2D eigenvalue weighted by Crippen LogP contribution is 2.41. The number of ketones is 1. The molecule has 0 fully saturated rings. The molecule has 0 saturated heterocycles. The molecule has 0 aliphatic carbocycles. The van der Waals surface area contributed by atoms with E-state index in [2.05, 4.69) is 34.5 Å². The minimum absolute atomic E-state index is 0.0242. The number of nitrogens with one attached hydrogen (secondary N) is 2. The lowest BCUT2D eigenvalue weighted by atomic mass is 10.0. The molecule has 2 aliphatic rings. The maximum absolute atomic E-state index is 13.6. The molecule has 13 nitrogen and oxygen atoms in total. The molecule has 0 spiro atoms. The highest BCUT2D eigenvalue weighted by atomic mass is 32.8. The van der Waals surface area contributed by atoms with E-state index in [-0.39, 0.29) is 62.5 Å². The standard InChI is InChI=1S/C38H43N7O6S2/c1-38(2,53(6)52)14-13-30(46)29-17-24(21-43(29)3)40-36(48)35-42-33(22-44(35)4)41-34(47)12-9-15-51-32-19-27-26(18-31(32)50-5)37(49)45-25(20-39-27)16-23-10-7-8-11-28(23)45/h7-8,10-11,17-22,25H,9,12-16H2,1-6H3,(H,40,48)(H,41,47)/t25-,53?/m0/s1. The summed E-state index contributed by atoms with van der Waals surface area (Å²) in [6, 6.07) is 12.7. The Bertz CT molecular complexity index is 2150. The van der Waals surface area contributed by atoms with Crippen LogP contribution in [0.15, 0.2) is 59.9 Å². The summed E-state index contributed by atoms with van der Waals surface area (Å²) in [4.78, 5) is 63.2. The Balaban J connectivity index is 1.01. The van der Waals surface area contributed by atoms with Crippen LogP contribution in [0.4, 0.5) is 22.9 Å². The van der Waals surface area contributed by atoms with Crippen LogP contribution < -0.4 is 25.0 Å². The number of rotatable bonds is 14. The third kappa shape index (κ3) is 8.10. The number of ether oxygens (including phenoxy) is 2. The van der Waals surface area contributed by atoms with Crippen LogP contribution in [0.25, 0.3) is 0 Å². The van der Waals surface area contributed by atoms with Crippen LogP contribution in [0.5, 0.6) is 11.5 Å². The molecule has 4 heterocycles. The highest BCUT2D eigenvalue weighted by Gasteiger charge is 2.36. The average Bonchev–Trinajstić information content (AvgIpc) is 3.78. The van der Waals surface area contributed by atoms with Gasteiger partial charge in [-0.25, -0.2) is 4.98 Å². The number of fused-ring (bicyclic) bond motifs is 4. The van der Waals surface area contributed by atoms with Crippen LogP contribution in [0.3, 0.4) is 0 Å². The number of methoxy groups -OCH3 is 1. The Morgan fingerprint density at radius 1 is 1.04 bits per heavy atom. The lowest BCUT2D eigenvalue weighted by molar-refractivity contribution is -0.116. The maximum Gasteiger partial charge on any atom is 0.291 e. The molecule has 0 bridgehead atoms. The summed E-state index contributed by atoms with van der Waals surface area (Å²) in [5, 5.41) is 5.53. The first-order valence-corrected chi connectivity index (χ1v) is 19.8. The van der Waals surface area contributed by atoms with Crippen LogP contribution in [-0.4, -0.2) is 74.6 Å². The zero-order valence-corrected chi connectivity index (χ0v) is 32.2. The number of benzene rings is 2. The van der Waals surface area contributed by atoms with Gasteiger partial charge < -0.3 is 29.2 Å². The van der Waals surface area contributed by atoms with Gasteiger partial charge in [-0.1, -0.05) is 43.2 Å². The van der Waals surface area contributed by atoms with Crippen molar-refractivity contribution in [3.05, 3.63) is 77.5 Å². The van der Waals surface area contributed by atoms with Crippen LogP contribution in [0, 0.1) is 0 Å². The second-order valence-corrected chi connectivity index (χ2v) is 17.3. The molecule has 15 heteroatoms. The molecule has 3 amide bonds. The van der Waals surface area contributed by atoms with Crippen molar-refractivity contribution in [2.24, 2.45) is 19.1 Å². The number of aryl methyl sites for hydroxylation is 2. The average molecular weight is 758 g/mol. The lowest BCUT2D eigenvalue weighted by Crippen LogP contribution is -2.37. The van der Waals surface area contributed by atoms with Crippen molar-refractivity contribution >= 4 is 73.2 Å². The summed E-state index contributed by atoms with van der Waals surface area (Å²) in [5.41, 5.74) is 3.85. The number of nitrogens with zero attached hydrogens (tertiary/aromatic N) is 5. The second-order valence-electron chi connectivity index (χ2n) is 13.8. The van der Waals surface area contributed by atoms with Gasteiger partial charge in [-0.05, 0) is 42.9 Å². The number of Topliss-reactive ketones (excluding diaryl/α,β-unsaturated/α-hetero) is 1. The quantitative estimate of drug-likeness (QED) is 0.126. The summed E-state index contributed by atoms with van der Waals surface area (Å²) in [7, 11) is 4.68. The molecular weight excluding hydrogens is 715 g/mol. The fourth-order valence-corrected chi connectivity index (χ4v) is 6.97. The molecule has 53 heavy (non-hydrogen) atoms. The summed E-state index contributed by atoms with van der Waals surface area (Å²) < 4.78 is 14.6. The summed E-state index contributed by atoms with van der Waals surface area (Å²) in [5.74, 6) is 0.156. The molecule has 2 N–H and O–H groups in total. The van der Waals surface area contributed by atoms with Gasteiger partial charge in [-0.15, -0.1) is 9.45 Å². The predicted octanol–water partition coefficient (Wildman–Crippen LogP) is 5.56. The normalized spacial score (nSPS) is 15.2. The number of carbonyl (C=O) groups excluding carboxylic acids is 4. The van der Waals surface area contributed by atoms with Gasteiger partial charge in [0.15, 0.2) is 23.1 Å². The van der Waals surface area contributed by atoms with Gasteiger partial charge in [0.1, 0.15) is 0 Å². The molecule has 278 valence electrons. The van der Waals surface area contributed by atoms with Gasteiger partial charge in [0.25, 0.3) is 11.8 Å². The van der Waals surface area contributed by atoms with Crippen molar-refractivity contribution in [2.75, 3.05) is 35.5 Å². The number of hydrogen-bond donors (Lipinski definition) is 2. The number of aliphatic imine (C=N–C) groups is 1. The third-order valence-electron chi connectivity index (χ3n) is 9.56. The molecule has 2 aromatic carbocycles. The molecule has 4 aromatic rings. The molecule has 6 rings (SSSR count). The van der Waals surface area contributed by atoms with E-state index in [1.165, 1.54) is 11.7 Å². The summed E-state index contributed by atoms with van der Waals surface area (Å²) in [6.45, 7) is 4.35. The zero-order chi connectivity index (χ0) is 38.0. The van der Waals surface area contributed by atoms with Crippen molar-refractivity contribution in [1.29, 1.82) is 0 Å². The van der Waals surface area contributed by atoms with Crippen molar-refractivity contribution in [2.45, 2.75) is 56.7 Å². The van der Waals surface area contributed by atoms with Crippen molar-refractivity contribution < 1.29 is 28.7 Å². The van der Waals surface area contributed by atoms with Crippen LogP contribution in [0.2, 0.25) is 0 Å². The van der Waals surface area contributed by atoms with Crippen molar-refractivity contribution in [1.82, 2.24) is 14.1 Å². The molecule has 0 radical (unpaired) electrons. The number of amides is 3. The lowest BCUT2D eigenvalue weighted by Gasteiger charge is -2.23. The first-order valence-electron chi connectivity index (χ1n) is 17.2. The number of carbonyl (C=O) groups is 4. The Morgan fingerprint density at radius 2 is 1.81 bits per heavy atom. The third-order valence-corrected chi connectivity index (χ3v) is 12.7. The summed E-state index contributed by atoms with van der Waals surface area (Å²) in [6.07, 6.45) is 9.26. The van der Waals surface area contributed by atoms with Gasteiger partial charge >= 0.3 is 0 Å². The smallest absolute Gasteiger partial charge is 0.291 e. The van der Waals surface area contributed by atoms with E-state index in [4.69, 9.17) is 20.7 Å². The van der Waals surface area contributed by atoms with E-state index in [9.17, 15) is 19.2 Å². The second kappa shape index (κ2) is 15.4. The number of imidazole rings is 1. The molecule has 2 aliphatic heterocycles. The summed E-state index contributed by atoms with van der Waals surface area (Å²) >= 11 is 5.44. The van der Waals surface area contributed by atoms with E-state index in [0.717, 1.165) is 11.3 Å². The molecule has 1 unspecified atom stereocenters. The molecule has 0 saturated carbocycles. The zero-order valence-electron chi connectivity index (χ0n) is 30.6. The topological polar surface area (TPSA) is 149 Å². The van der Waals surface area contributed by atoms with Crippen LogP contribution >= 0.6 is 0 Å². The number of para-hydroxylation sites is 1. The molecule has 2 aromatic heterocycles. The Labute approximate surface area is 315 Å². The number of anilines is 3. The number of hydrogen-bond acceptors (Lipinski definition) is 9. The maximum atomic E-state index is 13.6. The van der Waals surface area contributed by atoms with E-state index in [1.54, 1.807) is 60.4 Å². The van der Waals surface area contributed by atoms with E-state index >= 15 is 0 Å². The Morgan fingerprint density at radius 3 is 2.57 bits per heavy atom. The van der Waals surface area contributed by atoms with Gasteiger partial charge in [-0.3, -0.25) is 29.1 Å². The van der Waals surface area contributed by atoms with Gasteiger partial charge in [-0.2, -0.15) is 0 Å².